The number of aryl methyl sites for hydroxylation is 1. The van der Waals surface area contributed by atoms with Crippen molar-refractivity contribution in [3.8, 4) is 6.07 Å². The Morgan fingerprint density at radius 1 is 1.32 bits per heavy atom. The molecular weight excluding hydrogens is 388 g/mol. The van der Waals surface area contributed by atoms with Gasteiger partial charge in [-0.25, -0.2) is 4.98 Å². The van der Waals surface area contributed by atoms with Crippen LogP contribution in [0.4, 0.5) is 17.3 Å². The van der Waals surface area contributed by atoms with Gasteiger partial charge in [-0.3, -0.25) is 19.9 Å². The van der Waals surface area contributed by atoms with E-state index in [1.807, 2.05) is 32.1 Å². The molecule has 0 radical (unpaired) electrons. The zero-order valence-electron chi connectivity index (χ0n) is 18.3. The lowest BCUT2D eigenvalue weighted by atomic mass is 10.1. The van der Waals surface area contributed by atoms with Crippen LogP contribution in [0.1, 0.15) is 43.1 Å². The van der Waals surface area contributed by atoms with E-state index in [9.17, 15) is 0 Å². The van der Waals surface area contributed by atoms with Crippen LogP contribution in [0.2, 0.25) is 0 Å². The zero-order chi connectivity index (χ0) is 21.8. The Labute approximate surface area is 183 Å². The number of nitrogens with zero attached hydrogens (tertiary/aromatic N) is 6. The number of nitriles is 1. The van der Waals surface area contributed by atoms with Crippen LogP contribution in [0.5, 0.6) is 0 Å². The maximum Gasteiger partial charge on any atom is 0.153 e. The van der Waals surface area contributed by atoms with Crippen molar-refractivity contribution in [2.75, 3.05) is 25.0 Å². The number of anilines is 2. The first kappa shape index (κ1) is 21.2. The van der Waals surface area contributed by atoms with Gasteiger partial charge in [0.05, 0.1) is 17.5 Å². The minimum atomic E-state index is 0.530. The smallest absolute Gasteiger partial charge is 0.153 e. The Bertz CT molecular complexity index is 987. The highest BCUT2D eigenvalue weighted by atomic mass is 15.3. The summed E-state index contributed by atoms with van der Waals surface area (Å²) in [7, 11) is 0. The highest BCUT2D eigenvalue weighted by Crippen LogP contribution is 2.33. The molecule has 2 aromatic heterocycles. The SMILES string of the molecule is C=Nc1cc(Nc2cc(C)[nH]n2)nc(CN2C[C@H]3CC[C@@H](C2)N3CCC#N)c1/C=C\C. The number of hydrogen-bond acceptors (Lipinski definition) is 7. The third-order valence-electron chi connectivity index (χ3n) is 6.15. The zero-order valence-corrected chi connectivity index (χ0v) is 18.3. The number of pyridine rings is 1. The molecule has 4 heterocycles. The molecule has 4 rings (SSSR count). The summed E-state index contributed by atoms with van der Waals surface area (Å²) < 4.78 is 0. The van der Waals surface area contributed by atoms with Gasteiger partial charge in [0.25, 0.3) is 0 Å². The fourth-order valence-corrected chi connectivity index (χ4v) is 4.83. The van der Waals surface area contributed by atoms with Crippen molar-refractivity contribution >= 4 is 30.1 Å². The van der Waals surface area contributed by atoms with Gasteiger partial charge in [0.15, 0.2) is 5.82 Å². The molecule has 2 fully saturated rings. The molecule has 31 heavy (non-hydrogen) atoms. The maximum atomic E-state index is 8.97. The molecule has 162 valence electrons. The number of H-pyrrole nitrogens is 1. The first-order chi connectivity index (χ1) is 15.1. The summed E-state index contributed by atoms with van der Waals surface area (Å²) in [6.45, 7) is 11.4. The van der Waals surface area contributed by atoms with Gasteiger partial charge in [0.1, 0.15) is 5.82 Å². The van der Waals surface area contributed by atoms with Gasteiger partial charge in [-0.15, -0.1) is 0 Å². The van der Waals surface area contributed by atoms with Gasteiger partial charge < -0.3 is 5.32 Å². The molecule has 0 amide bonds. The van der Waals surface area contributed by atoms with Crippen molar-refractivity contribution in [3.05, 3.63) is 35.2 Å². The average molecular weight is 419 g/mol. The minimum Gasteiger partial charge on any atom is -0.323 e. The number of rotatable bonds is 8. The molecule has 0 unspecified atom stereocenters. The van der Waals surface area contributed by atoms with E-state index in [1.165, 1.54) is 12.8 Å². The lowest BCUT2D eigenvalue weighted by Gasteiger charge is -2.40. The molecule has 0 spiro atoms. The van der Waals surface area contributed by atoms with E-state index < -0.39 is 0 Å². The largest absolute Gasteiger partial charge is 0.323 e. The van der Waals surface area contributed by atoms with E-state index in [0.29, 0.717) is 24.3 Å². The van der Waals surface area contributed by atoms with Gasteiger partial charge in [0, 0.05) is 68.1 Å². The van der Waals surface area contributed by atoms with E-state index >= 15 is 0 Å². The third-order valence-corrected chi connectivity index (χ3v) is 6.15. The van der Waals surface area contributed by atoms with Gasteiger partial charge in [-0.1, -0.05) is 12.2 Å². The molecule has 2 saturated heterocycles. The number of aromatic amines is 1. The monoisotopic (exact) mass is 418 g/mol. The van der Waals surface area contributed by atoms with Crippen LogP contribution >= 0.6 is 0 Å². The number of aromatic nitrogens is 3. The Morgan fingerprint density at radius 2 is 2.10 bits per heavy atom. The van der Waals surface area contributed by atoms with E-state index in [4.69, 9.17) is 10.2 Å². The molecule has 2 aliphatic heterocycles. The number of fused-ring (bicyclic) bond motifs is 2. The topological polar surface area (TPSA) is 96.2 Å². The molecule has 0 saturated carbocycles. The molecule has 2 aromatic rings. The summed E-state index contributed by atoms with van der Waals surface area (Å²) in [5.74, 6) is 1.45. The fraction of sp³-hybridized carbons (Fsp3) is 0.478. The first-order valence-electron chi connectivity index (χ1n) is 10.9. The molecule has 0 aromatic carbocycles. The number of likely N-dealkylation sites (tertiary alicyclic amines) is 1. The molecule has 2 N–H and O–H groups in total. The lowest BCUT2D eigenvalue weighted by molar-refractivity contribution is 0.0636. The van der Waals surface area contributed by atoms with Gasteiger partial charge in [-0.05, 0) is 33.4 Å². The standard InChI is InChI=1S/C23H30N8/c1-4-6-19-20(25-3)12-22(27-23-11-16(2)28-29-23)26-21(19)15-30-13-17-7-8-18(14-30)31(17)10-5-9-24/h4,6,11-12,17-18H,3,5,7-8,10,13-15H2,1-2H3,(H2,26,27,28,29)/b6-4-/t17-,18+. The van der Waals surface area contributed by atoms with Crippen LogP contribution in [0.25, 0.3) is 6.08 Å². The van der Waals surface area contributed by atoms with Gasteiger partial charge in [-0.2, -0.15) is 10.4 Å². The van der Waals surface area contributed by atoms with E-state index in [1.54, 1.807) is 0 Å². The highest BCUT2D eigenvalue weighted by Gasteiger charge is 2.39. The van der Waals surface area contributed by atoms with Crippen LogP contribution in [-0.2, 0) is 6.54 Å². The Morgan fingerprint density at radius 3 is 2.71 bits per heavy atom. The molecule has 8 heteroatoms. The predicted molar refractivity (Wildman–Crippen MR) is 124 cm³/mol. The van der Waals surface area contributed by atoms with Gasteiger partial charge in [0.2, 0.25) is 0 Å². The van der Waals surface area contributed by atoms with Crippen molar-refractivity contribution < 1.29 is 0 Å². The van der Waals surface area contributed by atoms with Crippen LogP contribution < -0.4 is 5.32 Å². The van der Waals surface area contributed by atoms with Crippen LogP contribution in [0.15, 0.2) is 23.2 Å². The maximum absolute atomic E-state index is 8.97. The number of piperazine rings is 1. The quantitative estimate of drug-likeness (QED) is 0.633. The summed E-state index contributed by atoms with van der Waals surface area (Å²) in [5, 5.41) is 19.5. The van der Waals surface area contributed by atoms with Crippen molar-refractivity contribution in [1.29, 1.82) is 5.26 Å². The minimum absolute atomic E-state index is 0.530. The lowest BCUT2D eigenvalue weighted by Crippen LogP contribution is -2.53. The summed E-state index contributed by atoms with van der Waals surface area (Å²) in [5.41, 5.74) is 3.80. The molecule has 2 aliphatic rings. The van der Waals surface area contributed by atoms with Crippen molar-refractivity contribution in [1.82, 2.24) is 25.0 Å². The summed E-state index contributed by atoms with van der Waals surface area (Å²) in [6, 6.07) is 7.21. The normalized spacial score (nSPS) is 21.5. The highest BCUT2D eigenvalue weighted by molar-refractivity contribution is 5.72. The van der Waals surface area contributed by atoms with Crippen LogP contribution in [-0.4, -0.2) is 63.4 Å². The Kier molecular flexibility index (Phi) is 6.44. The third kappa shape index (κ3) is 4.68. The second-order valence-electron chi connectivity index (χ2n) is 8.33. The van der Waals surface area contributed by atoms with E-state index in [-0.39, 0.29) is 0 Å². The molecule has 2 atom stereocenters. The average Bonchev–Trinajstić information content (AvgIpc) is 3.26. The molecule has 8 nitrogen and oxygen atoms in total. The number of nitrogens with one attached hydrogen (secondary N) is 2. The summed E-state index contributed by atoms with van der Waals surface area (Å²) in [4.78, 5) is 14.2. The van der Waals surface area contributed by atoms with Gasteiger partial charge >= 0.3 is 0 Å². The Balaban J connectivity index is 1.57. The second kappa shape index (κ2) is 9.41. The summed E-state index contributed by atoms with van der Waals surface area (Å²) >= 11 is 0. The van der Waals surface area contributed by atoms with Crippen molar-refractivity contribution in [3.63, 3.8) is 0 Å². The summed E-state index contributed by atoms with van der Waals surface area (Å²) in [6.07, 6.45) is 7.10. The van der Waals surface area contributed by atoms with E-state index in [2.05, 4.69) is 49.2 Å². The van der Waals surface area contributed by atoms with Crippen LogP contribution in [0, 0.1) is 18.3 Å². The number of hydrogen-bond donors (Lipinski definition) is 2. The number of allylic oxidation sites excluding steroid dienone is 1. The fourth-order valence-electron chi connectivity index (χ4n) is 4.83. The van der Waals surface area contributed by atoms with E-state index in [0.717, 1.165) is 54.6 Å². The first-order valence-corrected chi connectivity index (χ1v) is 10.9. The van der Waals surface area contributed by atoms with Crippen molar-refractivity contribution in [2.45, 2.75) is 51.7 Å². The Hall–Kier alpha value is -3.02. The molecule has 2 bridgehead atoms. The molecule has 0 aliphatic carbocycles. The predicted octanol–water partition coefficient (Wildman–Crippen LogP) is 3.78. The van der Waals surface area contributed by atoms with Crippen LogP contribution in [0.3, 0.4) is 0 Å². The van der Waals surface area contributed by atoms with Crippen molar-refractivity contribution in [2.24, 2.45) is 4.99 Å². The number of aliphatic imine (C=N–C) groups is 1. The second-order valence-corrected chi connectivity index (χ2v) is 8.33. The molecular formula is C23H30N8.